The largest absolute Gasteiger partial charge is 0.507 e. The van der Waals surface area contributed by atoms with Crippen LogP contribution in [-0.2, 0) is 11.2 Å². The number of hydrogen-bond acceptors (Lipinski definition) is 3. The molecule has 1 atom stereocenters. The van der Waals surface area contributed by atoms with Crippen LogP contribution in [-0.4, -0.2) is 23.9 Å². The lowest BCUT2D eigenvalue weighted by Gasteiger charge is -2.37. The highest BCUT2D eigenvalue weighted by atomic mass is 16.5. The van der Waals surface area contributed by atoms with Gasteiger partial charge in [-0.25, -0.2) is 0 Å². The number of hydrogen-bond donors (Lipinski definition) is 1. The van der Waals surface area contributed by atoms with E-state index in [1.54, 1.807) is 0 Å². The van der Waals surface area contributed by atoms with Gasteiger partial charge in [0.1, 0.15) is 17.1 Å². The lowest BCUT2D eigenvalue weighted by Crippen LogP contribution is -2.41. The van der Waals surface area contributed by atoms with Gasteiger partial charge in [-0.15, -0.1) is 0 Å². The molecule has 0 saturated heterocycles. The summed E-state index contributed by atoms with van der Waals surface area (Å²) in [6.45, 7) is 11.3. The molecular weight excluding hydrogens is 240 g/mol. The van der Waals surface area contributed by atoms with Gasteiger partial charge in [0.2, 0.25) is 0 Å². The number of aromatic hydroxyl groups is 1. The molecular formula is C16H24O3. The molecule has 1 aliphatic heterocycles. The molecule has 1 aromatic rings. The van der Waals surface area contributed by atoms with Gasteiger partial charge in [0, 0.05) is 12.2 Å². The molecule has 0 radical (unpaired) electrons. The normalized spacial score (nSPS) is 21.9. The standard InChI is InChI=1S/C16H24O3/c1-6-18-9-16(5)8-7-13-12(4)14(17)10(2)11(3)15(13)19-16/h17H,6-9H2,1-5H3/t16-/m1/s1. The van der Waals surface area contributed by atoms with Crippen molar-refractivity contribution in [2.45, 2.75) is 53.1 Å². The Morgan fingerprint density at radius 2 is 1.89 bits per heavy atom. The van der Waals surface area contributed by atoms with Gasteiger partial charge in [-0.3, -0.25) is 0 Å². The van der Waals surface area contributed by atoms with Crippen molar-refractivity contribution in [2.24, 2.45) is 0 Å². The number of rotatable bonds is 3. The molecule has 0 fully saturated rings. The van der Waals surface area contributed by atoms with Crippen LogP contribution >= 0.6 is 0 Å². The fourth-order valence-corrected chi connectivity index (χ4v) is 2.71. The molecule has 0 spiro atoms. The fraction of sp³-hybridized carbons (Fsp3) is 0.625. The average Bonchev–Trinajstić information content (AvgIpc) is 2.40. The first-order chi connectivity index (χ1) is 8.89. The summed E-state index contributed by atoms with van der Waals surface area (Å²) in [5.74, 6) is 1.36. The second kappa shape index (κ2) is 5.04. The van der Waals surface area contributed by atoms with E-state index in [0.717, 1.165) is 40.8 Å². The smallest absolute Gasteiger partial charge is 0.130 e. The quantitative estimate of drug-likeness (QED) is 0.909. The van der Waals surface area contributed by atoms with Crippen LogP contribution in [0, 0.1) is 20.8 Å². The molecule has 1 aliphatic rings. The van der Waals surface area contributed by atoms with E-state index in [0.29, 0.717) is 19.0 Å². The van der Waals surface area contributed by atoms with Crippen LogP contribution in [0.15, 0.2) is 0 Å². The number of phenols is 1. The van der Waals surface area contributed by atoms with Crippen LogP contribution in [0.3, 0.4) is 0 Å². The zero-order valence-corrected chi connectivity index (χ0v) is 12.6. The van der Waals surface area contributed by atoms with Crippen LogP contribution in [0.5, 0.6) is 11.5 Å². The second-order valence-corrected chi connectivity index (χ2v) is 5.72. The predicted molar refractivity (Wildman–Crippen MR) is 76.2 cm³/mol. The molecule has 1 N–H and O–H groups in total. The maximum absolute atomic E-state index is 10.1. The summed E-state index contributed by atoms with van der Waals surface area (Å²) in [6.07, 6.45) is 1.85. The Labute approximate surface area is 115 Å². The third-order valence-corrected chi connectivity index (χ3v) is 4.20. The number of ether oxygens (including phenoxy) is 2. The Kier molecular flexibility index (Phi) is 3.77. The molecule has 1 heterocycles. The number of phenolic OH excluding ortho intramolecular Hbond substituents is 1. The van der Waals surface area contributed by atoms with E-state index in [-0.39, 0.29) is 5.60 Å². The minimum Gasteiger partial charge on any atom is -0.507 e. The topological polar surface area (TPSA) is 38.7 Å². The van der Waals surface area contributed by atoms with E-state index in [1.807, 2.05) is 27.7 Å². The maximum Gasteiger partial charge on any atom is 0.130 e. The fourth-order valence-electron chi connectivity index (χ4n) is 2.71. The van der Waals surface area contributed by atoms with E-state index in [1.165, 1.54) is 0 Å². The van der Waals surface area contributed by atoms with Crippen molar-refractivity contribution in [1.82, 2.24) is 0 Å². The van der Waals surface area contributed by atoms with Gasteiger partial charge >= 0.3 is 0 Å². The number of benzene rings is 1. The van der Waals surface area contributed by atoms with E-state index in [4.69, 9.17) is 9.47 Å². The van der Waals surface area contributed by atoms with E-state index >= 15 is 0 Å². The van der Waals surface area contributed by atoms with E-state index in [9.17, 15) is 5.11 Å². The Morgan fingerprint density at radius 1 is 1.21 bits per heavy atom. The molecule has 106 valence electrons. The summed E-state index contributed by atoms with van der Waals surface area (Å²) in [4.78, 5) is 0. The minimum atomic E-state index is -0.260. The molecule has 0 bridgehead atoms. The molecule has 0 unspecified atom stereocenters. The van der Waals surface area contributed by atoms with Crippen LogP contribution in [0.25, 0.3) is 0 Å². The van der Waals surface area contributed by atoms with Crippen molar-refractivity contribution in [3.05, 3.63) is 22.3 Å². The van der Waals surface area contributed by atoms with Gasteiger partial charge in [-0.05, 0) is 64.2 Å². The van der Waals surface area contributed by atoms with Gasteiger partial charge in [0.25, 0.3) is 0 Å². The zero-order chi connectivity index (χ0) is 14.2. The molecule has 0 aromatic heterocycles. The van der Waals surface area contributed by atoms with Gasteiger partial charge < -0.3 is 14.6 Å². The highest BCUT2D eigenvalue weighted by Crippen LogP contribution is 2.43. The van der Waals surface area contributed by atoms with Crippen LogP contribution in [0.4, 0.5) is 0 Å². The van der Waals surface area contributed by atoms with Crippen molar-refractivity contribution in [1.29, 1.82) is 0 Å². The SMILES string of the molecule is CCOC[C@@]1(C)CCc2c(C)c(O)c(C)c(C)c2O1. The van der Waals surface area contributed by atoms with E-state index < -0.39 is 0 Å². The zero-order valence-electron chi connectivity index (χ0n) is 12.6. The Morgan fingerprint density at radius 3 is 2.53 bits per heavy atom. The summed E-state index contributed by atoms with van der Waals surface area (Å²) in [5, 5.41) is 10.1. The summed E-state index contributed by atoms with van der Waals surface area (Å²) in [6, 6.07) is 0. The summed E-state index contributed by atoms with van der Waals surface area (Å²) < 4.78 is 11.8. The van der Waals surface area contributed by atoms with Gasteiger partial charge in [-0.2, -0.15) is 0 Å². The summed E-state index contributed by atoms with van der Waals surface area (Å²) in [5.41, 5.74) is 3.80. The Bertz CT molecular complexity index is 494. The first kappa shape index (κ1) is 14.2. The first-order valence-electron chi connectivity index (χ1n) is 6.98. The summed E-state index contributed by atoms with van der Waals surface area (Å²) >= 11 is 0. The van der Waals surface area contributed by atoms with Crippen molar-refractivity contribution in [3.63, 3.8) is 0 Å². The van der Waals surface area contributed by atoms with Gasteiger partial charge in [0.15, 0.2) is 0 Å². The minimum absolute atomic E-state index is 0.260. The van der Waals surface area contributed by atoms with Crippen molar-refractivity contribution in [2.75, 3.05) is 13.2 Å². The predicted octanol–water partition coefficient (Wildman–Crippen LogP) is 3.44. The van der Waals surface area contributed by atoms with E-state index in [2.05, 4.69) is 6.92 Å². The average molecular weight is 264 g/mol. The van der Waals surface area contributed by atoms with Crippen LogP contribution < -0.4 is 4.74 Å². The van der Waals surface area contributed by atoms with Crippen molar-refractivity contribution >= 4 is 0 Å². The Balaban J connectivity index is 2.40. The number of fused-ring (bicyclic) bond motifs is 1. The molecule has 0 aliphatic carbocycles. The third kappa shape index (κ3) is 2.44. The summed E-state index contributed by atoms with van der Waals surface area (Å²) in [7, 11) is 0. The molecule has 1 aromatic carbocycles. The molecule has 19 heavy (non-hydrogen) atoms. The van der Waals surface area contributed by atoms with Crippen molar-refractivity contribution < 1.29 is 14.6 Å². The molecule has 3 heteroatoms. The van der Waals surface area contributed by atoms with Gasteiger partial charge in [-0.1, -0.05) is 0 Å². The molecule has 0 amide bonds. The molecule has 0 saturated carbocycles. The van der Waals surface area contributed by atoms with Crippen LogP contribution in [0.2, 0.25) is 0 Å². The molecule has 2 rings (SSSR count). The highest BCUT2D eigenvalue weighted by molar-refractivity contribution is 5.58. The third-order valence-electron chi connectivity index (χ3n) is 4.20. The highest BCUT2D eigenvalue weighted by Gasteiger charge is 2.34. The lowest BCUT2D eigenvalue weighted by atomic mass is 9.87. The lowest BCUT2D eigenvalue weighted by molar-refractivity contribution is -0.0248. The maximum atomic E-state index is 10.1. The Hall–Kier alpha value is -1.22. The molecule has 3 nitrogen and oxygen atoms in total. The monoisotopic (exact) mass is 264 g/mol. The second-order valence-electron chi connectivity index (χ2n) is 5.72. The van der Waals surface area contributed by atoms with Crippen molar-refractivity contribution in [3.8, 4) is 11.5 Å². The first-order valence-corrected chi connectivity index (χ1v) is 6.98. The van der Waals surface area contributed by atoms with Crippen LogP contribution in [0.1, 0.15) is 42.5 Å². The van der Waals surface area contributed by atoms with Gasteiger partial charge in [0.05, 0.1) is 6.61 Å².